The number of nitrogens with zero attached hydrogens (tertiary/aromatic N) is 2. The standard InChI is InChI=1S/C20H24N2O2/c1-5-7-16(6-2)17-11-8-15(9-12-17)10-13-18-20(24-4)21-14-19(22-18)23-3/h5-9,11-12,18H,1-2,10,13-14H2,3-4H3/b16-7+. The van der Waals surface area contributed by atoms with Gasteiger partial charge in [-0.3, -0.25) is 0 Å². The maximum atomic E-state index is 5.34. The molecule has 0 saturated carbocycles. The molecular formula is C20H24N2O2. The number of ether oxygens (including phenoxy) is 2. The van der Waals surface area contributed by atoms with Crippen molar-refractivity contribution in [3.63, 3.8) is 0 Å². The smallest absolute Gasteiger partial charge is 0.209 e. The maximum absolute atomic E-state index is 5.34. The molecule has 126 valence electrons. The third-order valence-corrected chi connectivity index (χ3v) is 3.91. The minimum absolute atomic E-state index is 0.0808. The molecule has 0 aliphatic carbocycles. The molecule has 0 bridgehead atoms. The van der Waals surface area contributed by atoms with Gasteiger partial charge in [0.05, 0.1) is 14.2 Å². The third kappa shape index (κ3) is 4.44. The topological polar surface area (TPSA) is 43.2 Å². The van der Waals surface area contributed by atoms with Crippen molar-refractivity contribution in [2.24, 2.45) is 9.98 Å². The largest absolute Gasteiger partial charge is 0.483 e. The monoisotopic (exact) mass is 324 g/mol. The Morgan fingerprint density at radius 1 is 1.21 bits per heavy atom. The van der Waals surface area contributed by atoms with Crippen LogP contribution in [0.25, 0.3) is 5.57 Å². The van der Waals surface area contributed by atoms with Crippen LogP contribution in [-0.4, -0.2) is 38.6 Å². The van der Waals surface area contributed by atoms with E-state index in [4.69, 9.17) is 9.47 Å². The van der Waals surface area contributed by atoms with Crippen LogP contribution >= 0.6 is 0 Å². The van der Waals surface area contributed by atoms with Crippen molar-refractivity contribution in [3.05, 3.63) is 66.8 Å². The molecule has 4 nitrogen and oxygen atoms in total. The van der Waals surface area contributed by atoms with Crippen LogP contribution in [0.2, 0.25) is 0 Å². The van der Waals surface area contributed by atoms with Crippen molar-refractivity contribution in [2.45, 2.75) is 18.9 Å². The summed E-state index contributed by atoms with van der Waals surface area (Å²) in [4.78, 5) is 8.93. The van der Waals surface area contributed by atoms with Gasteiger partial charge in [0.2, 0.25) is 11.8 Å². The summed E-state index contributed by atoms with van der Waals surface area (Å²) in [5.41, 5.74) is 3.44. The summed E-state index contributed by atoms with van der Waals surface area (Å²) >= 11 is 0. The van der Waals surface area contributed by atoms with Crippen LogP contribution in [0.5, 0.6) is 0 Å². The van der Waals surface area contributed by atoms with Gasteiger partial charge in [-0.15, -0.1) is 0 Å². The molecular weight excluding hydrogens is 300 g/mol. The number of benzene rings is 1. The molecule has 1 aliphatic heterocycles. The van der Waals surface area contributed by atoms with Gasteiger partial charge in [0.25, 0.3) is 0 Å². The van der Waals surface area contributed by atoms with E-state index < -0.39 is 0 Å². The first kappa shape index (κ1) is 17.7. The molecule has 1 aromatic rings. The third-order valence-electron chi connectivity index (χ3n) is 3.91. The van der Waals surface area contributed by atoms with Gasteiger partial charge in [0, 0.05) is 0 Å². The first-order valence-corrected chi connectivity index (χ1v) is 7.95. The summed E-state index contributed by atoms with van der Waals surface area (Å²) in [6, 6.07) is 8.37. The van der Waals surface area contributed by atoms with E-state index in [9.17, 15) is 0 Å². The van der Waals surface area contributed by atoms with Crippen LogP contribution in [0.3, 0.4) is 0 Å². The highest BCUT2D eigenvalue weighted by Gasteiger charge is 2.21. The summed E-state index contributed by atoms with van der Waals surface area (Å²) in [7, 11) is 3.26. The average molecular weight is 324 g/mol. The van der Waals surface area contributed by atoms with Crippen molar-refractivity contribution in [3.8, 4) is 0 Å². The average Bonchev–Trinajstić information content (AvgIpc) is 2.64. The van der Waals surface area contributed by atoms with Crippen LogP contribution in [0.4, 0.5) is 0 Å². The number of rotatable bonds is 6. The van der Waals surface area contributed by atoms with E-state index in [1.165, 1.54) is 5.56 Å². The summed E-state index contributed by atoms with van der Waals surface area (Å²) in [5.74, 6) is 1.33. The molecule has 0 radical (unpaired) electrons. The van der Waals surface area contributed by atoms with E-state index in [0.29, 0.717) is 18.3 Å². The fourth-order valence-corrected chi connectivity index (χ4v) is 2.60. The van der Waals surface area contributed by atoms with Crippen molar-refractivity contribution >= 4 is 17.4 Å². The van der Waals surface area contributed by atoms with Gasteiger partial charge in [-0.25, -0.2) is 9.98 Å². The van der Waals surface area contributed by atoms with E-state index in [1.807, 2.05) is 12.2 Å². The molecule has 24 heavy (non-hydrogen) atoms. The minimum Gasteiger partial charge on any atom is -0.483 e. The Morgan fingerprint density at radius 2 is 1.96 bits per heavy atom. The quantitative estimate of drug-likeness (QED) is 0.746. The Morgan fingerprint density at radius 3 is 2.54 bits per heavy atom. The van der Waals surface area contributed by atoms with Crippen LogP contribution in [0.15, 0.2) is 65.6 Å². The number of allylic oxidation sites excluding steroid dienone is 4. The second kappa shape index (κ2) is 8.87. The lowest BCUT2D eigenvalue weighted by atomic mass is 10.00. The zero-order valence-electron chi connectivity index (χ0n) is 14.4. The normalized spacial score (nSPS) is 17.6. The second-order valence-electron chi connectivity index (χ2n) is 5.40. The molecule has 1 aromatic carbocycles. The summed E-state index contributed by atoms with van der Waals surface area (Å²) < 4.78 is 10.5. The van der Waals surface area contributed by atoms with Crippen LogP contribution in [0.1, 0.15) is 17.5 Å². The Hall–Kier alpha value is -2.62. The lowest BCUT2D eigenvalue weighted by Gasteiger charge is -2.19. The Kier molecular flexibility index (Phi) is 6.55. The first-order valence-electron chi connectivity index (χ1n) is 7.95. The zero-order chi connectivity index (χ0) is 17.4. The fraction of sp³-hybridized carbons (Fsp3) is 0.300. The van der Waals surface area contributed by atoms with E-state index in [1.54, 1.807) is 20.3 Å². The van der Waals surface area contributed by atoms with E-state index in [0.717, 1.165) is 24.0 Å². The Bertz CT molecular complexity index is 669. The van der Waals surface area contributed by atoms with Crippen molar-refractivity contribution in [1.29, 1.82) is 0 Å². The summed E-state index contributed by atoms with van der Waals surface area (Å²) in [6.07, 6.45) is 7.27. The van der Waals surface area contributed by atoms with E-state index >= 15 is 0 Å². The van der Waals surface area contributed by atoms with Gasteiger partial charge >= 0.3 is 0 Å². The molecule has 0 fully saturated rings. The predicted molar refractivity (Wildman–Crippen MR) is 101 cm³/mol. The number of aryl methyl sites for hydroxylation is 1. The van der Waals surface area contributed by atoms with E-state index in [2.05, 4.69) is 47.4 Å². The summed E-state index contributed by atoms with van der Waals surface area (Å²) in [6.45, 7) is 8.02. The van der Waals surface area contributed by atoms with Crippen molar-refractivity contribution in [2.75, 3.05) is 20.8 Å². The van der Waals surface area contributed by atoms with Crippen LogP contribution in [-0.2, 0) is 15.9 Å². The van der Waals surface area contributed by atoms with Crippen molar-refractivity contribution < 1.29 is 9.47 Å². The molecule has 0 aromatic heterocycles. The molecule has 0 N–H and O–H groups in total. The highest BCUT2D eigenvalue weighted by molar-refractivity contribution is 5.91. The predicted octanol–water partition coefficient (Wildman–Crippen LogP) is 3.85. The highest BCUT2D eigenvalue weighted by atomic mass is 16.5. The van der Waals surface area contributed by atoms with Gasteiger partial charge in [-0.1, -0.05) is 55.7 Å². The van der Waals surface area contributed by atoms with Crippen molar-refractivity contribution in [1.82, 2.24) is 0 Å². The molecule has 1 atom stereocenters. The molecule has 4 heteroatoms. The molecule has 2 rings (SSSR count). The van der Waals surface area contributed by atoms with Gasteiger partial charge in [0.15, 0.2) is 0 Å². The van der Waals surface area contributed by atoms with Gasteiger partial charge in [-0.2, -0.15) is 0 Å². The van der Waals surface area contributed by atoms with Gasteiger partial charge in [0.1, 0.15) is 12.6 Å². The van der Waals surface area contributed by atoms with Crippen LogP contribution in [0, 0.1) is 0 Å². The highest BCUT2D eigenvalue weighted by Crippen LogP contribution is 2.18. The lowest BCUT2D eigenvalue weighted by Crippen LogP contribution is -2.29. The maximum Gasteiger partial charge on any atom is 0.209 e. The second-order valence-corrected chi connectivity index (χ2v) is 5.40. The number of hydrogen-bond acceptors (Lipinski definition) is 4. The molecule has 0 spiro atoms. The molecule has 1 heterocycles. The SMILES string of the molecule is C=C/C=C(\C=C)c1ccc(CCC2N=C(OC)CN=C2OC)cc1. The first-order chi connectivity index (χ1) is 11.7. The zero-order valence-corrected chi connectivity index (χ0v) is 14.4. The Balaban J connectivity index is 2.03. The van der Waals surface area contributed by atoms with Crippen LogP contribution < -0.4 is 0 Å². The Labute approximate surface area is 143 Å². The number of aliphatic imine (C=N–C) groups is 2. The van der Waals surface area contributed by atoms with Gasteiger partial charge in [-0.05, 0) is 29.5 Å². The molecule has 1 aliphatic rings. The lowest BCUT2D eigenvalue weighted by molar-refractivity contribution is 0.357. The van der Waals surface area contributed by atoms with E-state index in [-0.39, 0.29) is 6.04 Å². The molecule has 1 unspecified atom stereocenters. The minimum atomic E-state index is -0.0808. The molecule has 0 amide bonds. The summed E-state index contributed by atoms with van der Waals surface area (Å²) in [5, 5.41) is 0. The number of hydrogen-bond donors (Lipinski definition) is 0. The van der Waals surface area contributed by atoms with Gasteiger partial charge < -0.3 is 9.47 Å². The molecule has 0 saturated heterocycles. The fourth-order valence-electron chi connectivity index (χ4n) is 2.60. The number of methoxy groups -OCH3 is 2.